The van der Waals surface area contributed by atoms with E-state index in [1.807, 2.05) is 24.3 Å². The fourth-order valence-electron chi connectivity index (χ4n) is 2.35. The molecule has 1 fully saturated rings. The molecule has 0 unspecified atom stereocenters. The SMILES string of the molecule is Cc1cccc(CNc2ccccc2C(=O)NC2CC2)c1. The van der Waals surface area contributed by atoms with Gasteiger partial charge in [-0.3, -0.25) is 4.79 Å². The van der Waals surface area contributed by atoms with Crippen molar-refractivity contribution in [2.24, 2.45) is 0 Å². The lowest BCUT2D eigenvalue weighted by molar-refractivity contribution is 0.0952. The van der Waals surface area contributed by atoms with Crippen LogP contribution in [0.4, 0.5) is 5.69 Å². The zero-order valence-electron chi connectivity index (χ0n) is 12.2. The van der Waals surface area contributed by atoms with Gasteiger partial charge in [-0.05, 0) is 37.5 Å². The molecule has 2 aromatic rings. The molecular formula is C18H20N2O. The van der Waals surface area contributed by atoms with E-state index >= 15 is 0 Å². The molecule has 0 spiro atoms. The average Bonchev–Trinajstić information content (AvgIpc) is 3.29. The van der Waals surface area contributed by atoms with Crippen molar-refractivity contribution in [3.05, 3.63) is 65.2 Å². The molecular weight excluding hydrogens is 260 g/mol. The number of aryl methyl sites for hydroxylation is 1. The van der Waals surface area contributed by atoms with Crippen LogP contribution in [0.15, 0.2) is 48.5 Å². The van der Waals surface area contributed by atoms with Crippen LogP contribution in [0.3, 0.4) is 0 Å². The Morgan fingerprint density at radius 3 is 2.71 bits per heavy atom. The number of nitrogens with one attached hydrogen (secondary N) is 2. The highest BCUT2D eigenvalue weighted by Gasteiger charge is 2.24. The van der Waals surface area contributed by atoms with Crippen molar-refractivity contribution in [3.63, 3.8) is 0 Å². The Morgan fingerprint density at radius 1 is 1.14 bits per heavy atom. The lowest BCUT2D eigenvalue weighted by Crippen LogP contribution is -2.26. The van der Waals surface area contributed by atoms with Gasteiger partial charge in [-0.25, -0.2) is 0 Å². The number of rotatable bonds is 5. The summed E-state index contributed by atoms with van der Waals surface area (Å²) in [6, 6.07) is 16.4. The van der Waals surface area contributed by atoms with Crippen molar-refractivity contribution in [3.8, 4) is 0 Å². The average molecular weight is 280 g/mol. The molecule has 0 heterocycles. The first-order chi connectivity index (χ1) is 10.2. The summed E-state index contributed by atoms with van der Waals surface area (Å²) >= 11 is 0. The minimum absolute atomic E-state index is 0.0184. The molecule has 3 rings (SSSR count). The van der Waals surface area contributed by atoms with E-state index in [4.69, 9.17) is 0 Å². The molecule has 3 heteroatoms. The maximum absolute atomic E-state index is 12.2. The molecule has 108 valence electrons. The maximum atomic E-state index is 12.2. The van der Waals surface area contributed by atoms with Gasteiger partial charge in [-0.15, -0.1) is 0 Å². The summed E-state index contributed by atoms with van der Waals surface area (Å²) in [4.78, 5) is 12.2. The van der Waals surface area contributed by atoms with E-state index in [0.29, 0.717) is 6.04 Å². The van der Waals surface area contributed by atoms with Crippen LogP contribution in [0.25, 0.3) is 0 Å². The van der Waals surface area contributed by atoms with Crippen molar-refractivity contribution in [1.82, 2.24) is 5.32 Å². The summed E-state index contributed by atoms with van der Waals surface area (Å²) in [6.45, 7) is 2.80. The summed E-state index contributed by atoms with van der Waals surface area (Å²) in [7, 11) is 0. The summed E-state index contributed by atoms with van der Waals surface area (Å²) in [5.74, 6) is 0.0184. The fourth-order valence-corrected chi connectivity index (χ4v) is 2.35. The van der Waals surface area contributed by atoms with Gasteiger partial charge >= 0.3 is 0 Å². The van der Waals surface area contributed by atoms with Crippen molar-refractivity contribution in [2.75, 3.05) is 5.32 Å². The minimum Gasteiger partial charge on any atom is -0.380 e. The van der Waals surface area contributed by atoms with Gasteiger partial charge in [-0.1, -0.05) is 42.0 Å². The summed E-state index contributed by atoms with van der Waals surface area (Å²) < 4.78 is 0. The van der Waals surface area contributed by atoms with E-state index in [9.17, 15) is 4.79 Å². The van der Waals surface area contributed by atoms with Gasteiger partial charge in [-0.2, -0.15) is 0 Å². The molecule has 0 aromatic heterocycles. The second-order valence-electron chi connectivity index (χ2n) is 5.64. The highest BCUT2D eigenvalue weighted by molar-refractivity contribution is 5.99. The van der Waals surface area contributed by atoms with Gasteiger partial charge in [0, 0.05) is 18.3 Å². The standard InChI is InChI=1S/C18H20N2O/c1-13-5-4-6-14(11-13)12-19-17-8-3-2-7-16(17)18(21)20-15-9-10-15/h2-8,11,15,19H,9-10,12H2,1H3,(H,20,21). The third kappa shape index (κ3) is 3.63. The van der Waals surface area contributed by atoms with E-state index in [0.717, 1.165) is 30.6 Å². The molecule has 0 bridgehead atoms. The second-order valence-corrected chi connectivity index (χ2v) is 5.64. The van der Waals surface area contributed by atoms with Crippen LogP contribution in [-0.2, 0) is 6.54 Å². The van der Waals surface area contributed by atoms with Gasteiger partial charge in [0.1, 0.15) is 0 Å². The Morgan fingerprint density at radius 2 is 1.95 bits per heavy atom. The number of hydrogen-bond acceptors (Lipinski definition) is 2. The van der Waals surface area contributed by atoms with Crippen molar-refractivity contribution < 1.29 is 4.79 Å². The largest absolute Gasteiger partial charge is 0.380 e. The Balaban J connectivity index is 1.71. The smallest absolute Gasteiger partial charge is 0.253 e. The number of para-hydroxylation sites is 1. The second kappa shape index (κ2) is 6.00. The Kier molecular flexibility index (Phi) is 3.91. The van der Waals surface area contributed by atoms with Crippen molar-refractivity contribution in [2.45, 2.75) is 32.4 Å². The summed E-state index contributed by atoms with van der Waals surface area (Å²) in [5, 5.41) is 6.41. The van der Waals surface area contributed by atoms with E-state index in [1.165, 1.54) is 11.1 Å². The van der Waals surface area contributed by atoms with E-state index < -0.39 is 0 Å². The topological polar surface area (TPSA) is 41.1 Å². The zero-order chi connectivity index (χ0) is 14.7. The highest BCUT2D eigenvalue weighted by atomic mass is 16.1. The molecule has 1 amide bonds. The Hall–Kier alpha value is -2.29. The first-order valence-corrected chi connectivity index (χ1v) is 7.42. The van der Waals surface area contributed by atoms with Crippen LogP contribution in [0.1, 0.15) is 34.3 Å². The fraction of sp³-hybridized carbons (Fsp3) is 0.278. The third-order valence-electron chi connectivity index (χ3n) is 3.65. The van der Waals surface area contributed by atoms with Gasteiger partial charge in [0.05, 0.1) is 5.56 Å². The highest BCUT2D eigenvalue weighted by Crippen LogP contribution is 2.22. The zero-order valence-corrected chi connectivity index (χ0v) is 12.2. The lowest BCUT2D eigenvalue weighted by Gasteiger charge is -2.12. The maximum Gasteiger partial charge on any atom is 0.253 e. The van der Waals surface area contributed by atoms with Crippen LogP contribution in [-0.4, -0.2) is 11.9 Å². The van der Waals surface area contributed by atoms with Crippen LogP contribution < -0.4 is 10.6 Å². The first kappa shape index (κ1) is 13.7. The molecule has 1 saturated carbocycles. The number of benzene rings is 2. The van der Waals surface area contributed by atoms with E-state index in [-0.39, 0.29) is 5.91 Å². The Labute approximate surface area is 125 Å². The molecule has 1 aliphatic rings. The molecule has 2 N–H and O–H groups in total. The van der Waals surface area contributed by atoms with Gasteiger partial charge in [0.25, 0.3) is 5.91 Å². The molecule has 1 aliphatic carbocycles. The van der Waals surface area contributed by atoms with Crippen LogP contribution in [0.5, 0.6) is 0 Å². The number of carbonyl (C=O) groups excluding carboxylic acids is 1. The molecule has 21 heavy (non-hydrogen) atoms. The van der Waals surface area contributed by atoms with Crippen molar-refractivity contribution >= 4 is 11.6 Å². The molecule has 0 saturated heterocycles. The number of anilines is 1. The predicted octanol–water partition coefficient (Wildman–Crippen LogP) is 3.50. The molecule has 2 aromatic carbocycles. The van der Waals surface area contributed by atoms with Gasteiger partial charge < -0.3 is 10.6 Å². The lowest BCUT2D eigenvalue weighted by atomic mass is 10.1. The molecule has 0 radical (unpaired) electrons. The van der Waals surface area contributed by atoms with Crippen molar-refractivity contribution in [1.29, 1.82) is 0 Å². The monoisotopic (exact) mass is 280 g/mol. The molecule has 0 atom stereocenters. The van der Waals surface area contributed by atoms with E-state index in [2.05, 4.69) is 41.8 Å². The summed E-state index contributed by atoms with van der Waals surface area (Å²) in [6.07, 6.45) is 2.20. The Bertz CT molecular complexity index is 647. The minimum atomic E-state index is 0.0184. The third-order valence-corrected chi connectivity index (χ3v) is 3.65. The van der Waals surface area contributed by atoms with E-state index in [1.54, 1.807) is 0 Å². The normalized spacial score (nSPS) is 13.8. The van der Waals surface area contributed by atoms with Gasteiger partial charge in [0.2, 0.25) is 0 Å². The number of hydrogen-bond donors (Lipinski definition) is 2. The van der Waals surface area contributed by atoms with Crippen LogP contribution in [0.2, 0.25) is 0 Å². The summed E-state index contributed by atoms with van der Waals surface area (Å²) in [5.41, 5.74) is 4.07. The number of carbonyl (C=O) groups is 1. The predicted molar refractivity (Wildman–Crippen MR) is 85.4 cm³/mol. The van der Waals surface area contributed by atoms with Crippen LogP contribution >= 0.6 is 0 Å². The molecule has 0 aliphatic heterocycles. The van der Waals surface area contributed by atoms with Gasteiger partial charge in [0.15, 0.2) is 0 Å². The quantitative estimate of drug-likeness (QED) is 0.880. The molecule has 3 nitrogen and oxygen atoms in total. The van der Waals surface area contributed by atoms with Crippen LogP contribution in [0, 0.1) is 6.92 Å². The first-order valence-electron chi connectivity index (χ1n) is 7.42. The number of amides is 1.